The number of ether oxygens (including phenoxy) is 3. The zero-order valence-electron chi connectivity index (χ0n) is 19.4. The van der Waals surface area contributed by atoms with Crippen molar-refractivity contribution in [3.8, 4) is 5.75 Å². The minimum Gasteiger partial charge on any atom is -0.493 e. The zero-order valence-corrected chi connectivity index (χ0v) is 21.7. The van der Waals surface area contributed by atoms with Crippen LogP contribution in [-0.2, 0) is 29.2 Å². The van der Waals surface area contributed by atoms with E-state index in [2.05, 4.69) is 54.8 Å². The summed E-state index contributed by atoms with van der Waals surface area (Å²) in [6.45, 7) is 9.10. The number of rotatable bonds is 10. The summed E-state index contributed by atoms with van der Waals surface area (Å²) in [5.41, 5.74) is 4.65. The summed E-state index contributed by atoms with van der Waals surface area (Å²) in [6.07, 6.45) is 1.07. The van der Waals surface area contributed by atoms with Gasteiger partial charge in [0.1, 0.15) is 5.75 Å². The minimum absolute atomic E-state index is 0. The van der Waals surface area contributed by atoms with Crippen LogP contribution in [0.5, 0.6) is 5.75 Å². The molecule has 1 aliphatic heterocycles. The molecule has 1 aliphatic rings. The molecular formula is C25H36IN3O3. The lowest BCUT2D eigenvalue weighted by Gasteiger charge is -2.16. The van der Waals surface area contributed by atoms with Gasteiger partial charge in [0.15, 0.2) is 5.96 Å². The average molecular weight is 553 g/mol. The number of aliphatic imine (C=N–C) groups is 1. The molecule has 32 heavy (non-hydrogen) atoms. The number of methoxy groups -OCH3 is 1. The maximum atomic E-state index is 6.16. The van der Waals surface area contributed by atoms with Gasteiger partial charge in [-0.05, 0) is 43.0 Å². The maximum absolute atomic E-state index is 6.16. The van der Waals surface area contributed by atoms with Crippen LogP contribution >= 0.6 is 24.0 Å². The first-order chi connectivity index (χ1) is 15.2. The van der Waals surface area contributed by atoms with Crippen molar-refractivity contribution in [2.75, 3.05) is 33.5 Å². The number of benzene rings is 2. The van der Waals surface area contributed by atoms with Gasteiger partial charge in [0.05, 0.1) is 26.4 Å². The SMILES string of the molecule is CCNC(=NCc1ccc(C)cc1OCC1CCOC1)NCc1ccccc1COC.I. The number of nitrogens with one attached hydrogen (secondary N) is 2. The van der Waals surface area contributed by atoms with E-state index in [1.807, 2.05) is 12.1 Å². The van der Waals surface area contributed by atoms with E-state index in [1.54, 1.807) is 7.11 Å². The van der Waals surface area contributed by atoms with Gasteiger partial charge in [-0.3, -0.25) is 0 Å². The van der Waals surface area contributed by atoms with Crippen LogP contribution in [0.25, 0.3) is 0 Å². The van der Waals surface area contributed by atoms with Crippen LogP contribution in [0.4, 0.5) is 0 Å². The number of aryl methyl sites for hydroxylation is 1. The summed E-state index contributed by atoms with van der Waals surface area (Å²) < 4.78 is 16.9. The number of halogens is 1. The molecule has 3 rings (SSSR count). The Hall–Kier alpha value is -1.84. The van der Waals surface area contributed by atoms with Crippen molar-refractivity contribution < 1.29 is 14.2 Å². The summed E-state index contributed by atoms with van der Waals surface area (Å²) in [5.74, 6) is 2.17. The molecule has 0 saturated carbocycles. The van der Waals surface area contributed by atoms with Crippen LogP contribution in [0.15, 0.2) is 47.5 Å². The first-order valence-electron chi connectivity index (χ1n) is 11.1. The monoisotopic (exact) mass is 553 g/mol. The van der Waals surface area contributed by atoms with Crippen molar-refractivity contribution in [3.63, 3.8) is 0 Å². The Kier molecular flexibility index (Phi) is 11.8. The van der Waals surface area contributed by atoms with Crippen LogP contribution in [0, 0.1) is 12.8 Å². The van der Waals surface area contributed by atoms with Gasteiger partial charge in [0.25, 0.3) is 0 Å². The largest absolute Gasteiger partial charge is 0.493 e. The first kappa shape index (κ1) is 26.4. The molecule has 0 aliphatic carbocycles. The number of guanidine groups is 1. The fraction of sp³-hybridized carbons (Fsp3) is 0.480. The van der Waals surface area contributed by atoms with Gasteiger partial charge in [0, 0.05) is 38.3 Å². The third-order valence-corrected chi connectivity index (χ3v) is 5.34. The summed E-state index contributed by atoms with van der Waals surface area (Å²) in [6, 6.07) is 14.6. The molecule has 0 bridgehead atoms. The summed E-state index contributed by atoms with van der Waals surface area (Å²) in [5, 5.41) is 6.77. The Morgan fingerprint density at radius 1 is 1.12 bits per heavy atom. The highest BCUT2D eigenvalue weighted by Crippen LogP contribution is 2.23. The lowest BCUT2D eigenvalue weighted by Crippen LogP contribution is -2.37. The minimum atomic E-state index is 0. The van der Waals surface area contributed by atoms with Crippen molar-refractivity contribution >= 4 is 29.9 Å². The highest BCUT2D eigenvalue weighted by molar-refractivity contribution is 14.0. The molecule has 2 aromatic rings. The van der Waals surface area contributed by atoms with Crippen LogP contribution in [0.2, 0.25) is 0 Å². The van der Waals surface area contributed by atoms with Gasteiger partial charge in [0.2, 0.25) is 0 Å². The zero-order chi connectivity index (χ0) is 21.9. The Morgan fingerprint density at radius 2 is 1.94 bits per heavy atom. The third-order valence-electron chi connectivity index (χ3n) is 5.34. The van der Waals surface area contributed by atoms with Gasteiger partial charge in [-0.15, -0.1) is 24.0 Å². The second-order valence-corrected chi connectivity index (χ2v) is 7.90. The van der Waals surface area contributed by atoms with Crippen molar-refractivity contribution in [2.45, 2.75) is 40.0 Å². The van der Waals surface area contributed by atoms with Crippen LogP contribution < -0.4 is 15.4 Å². The third kappa shape index (κ3) is 8.26. The van der Waals surface area contributed by atoms with Gasteiger partial charge in [-0.1, -0.05) is 36.4 Å². The Labute approximate surface area is 209 Å². The molecule has 0 radical (unpaired) electrons. The molecule has 0 aromatic heterocycles. The second kappa shape index (κ2) is 14.3. The normalized spacial score (nSPS) is 15.8. The number of hydrogen-bond donors (Lipinski definition) is 2. The van der Waals surface area contributed by atoms with Crippen molar-refractivity contribution in [3.05, 3.63) is 64.7 Å². The van der Waals surface area contributed by atoms with Gasteiger partial charge in [-0.25, -0.2) is 4.99 Å². The predicted octanol–water partition coefficient (Wildman–Crippen LogP) is 4.43. The van der Waals surface area contributed by atoms with Gasteiger partial charge < -0.3 is 24.8 Å². The molecule has 0 spiro atoms. The van der Waals surface area contributed by atoms with Crippen molar-refractivity contribution in [1.82, 2.24) is 10.6 Å². The van der Waals surface area contributed by atoms with Gasteiger partial charge >= 0.3 is 0 Å². The average Bonchev–Trinajstić information content (AvgIpc) is 3.30. The van der Waals surface area contributed by atoms with E-state index >= 15 is 0 Å². The second-order valence-electron chi connectivity index (χ2n) is 7.90. The van der Waals surface area contributed by atoms with E-state index in [4.69, 9.17) is 19.2 Å². The van der Waals surface area contributed by atoms with Crippen molar-refractivity contribution in [1.29, 1.82) is 0 Å². The highest BCUT2D eigenvalue weighted by Gasteiger charge is 2.17. The molecule has 0 amide bonds. The van der Waals surface area contributed by atoms with Gasteiger partial charge in [-0.2, -0.15) is 0 Å². The van der Waals surface area contributed by atoms with Crippen molar-refractivity contribution in [2.24, 2.45) is 10.9 Å². The Balaban J connectivity index is 0.00000363. The van der Waals surface area contributed by atoms with E-state index in [9.17, 15) is 0 Å². The topological polar surface area (TPSA) is 64.1 Å². The first-order valence-corrected chi connectivity index (χ1v) is 11.1. The van der Waals surface area contributed by atoms with E-state index < -0.39 is 0 Å². The summed E-state index contributed by atoms with van der Waals surface area (Å²) in [7, 11) is 1.72. The quantitative estimate of drug-likeness (QED) is 0.259. The predicted molar refractivity (Wildman–Crippen MR) is 140 cm³/mol. The standard InChI is InChI=1S/C25H35N3O3.HI/c1-4-26-25(27-14-21-7-5-6-8-23(21)18-29-3)28-15-22-10-9-19(2)13-24(22)31-17-20-11-12-30-16-20;/h5-10,13,20H,4,11-12,14-18H2,1-3H3,(H2,26,27,28);1H. The molecule has 1 heterocycles. The number of hydrogen-bond acceptors (Lipinski definition) is 4. The van der Waals surface area contributed by atoms with Crippen LogP contribution in [0.1, 0.15) is 35.6 Å². The molecule has 6 nitrogen and oxygen atoms in total. The molecule has 2 N–H and O–H groups in total. The lowest BCUT2D eigenvalue weighted by molar-refractivity contribution is 0.166. The summed E-state index contributed by atoms with van der Waals surface area (Å²) >= 11 is 0. The molecule has 176 valence electrons. The molecule has 7 heteroatoms. The molecule has 1 saturated heterocycles. The van der Waals surface area contributed by atoms with E-state index in [-0.39, 0.29) is 24.0 Å². The smallest absolute Gasteiger partial charge is 0.191 e. The van der Waals surface area contributed by atoms with Crippen LogP contribution in [-0.4, -0.2) is 39.4 Å². The van der Waals surface area contributed by atoms with E-state index in [0.29, 0.717) is 32.2 Å². The Bertz CT molecular complexity index is 854. The molecule has 1 fully saturated rings. The Morgan fingerprint density at radius 3 is 2.66 bits per heavy atom. The fourth-order valence-corrected chi connectivity index (χ4v) is 3.56. The highest BCUT2D eigenvalue weighted by atomic mass is 127. The fourth-order valence-electron chi connectivity index (χ4n) is 3.56. The lowest BCUT2D eigenvalue weighted by atomic mass is 10.1. The maximum Gasteiger partial charge on any atom is 0.191 e. The summed E-state index contributed by atoms with van der Waals surface area (Å²) in [4.78, 5) is 4.80. The van der Waals surface area contributed by atoms with E-state index in [1.165, 1.54) is 16.7 Å². The molecule has 2 aromatic carbocycles. The van der Waals surface area contributed by atoms with Crippen LogP contribution in [0.3, 0.4) is 0 Å². The molecule has 1 atom stereocenters. The van der Waals surface area contributed by atoms with E-state index in [0.717, 1.165) is 43.5 Å². The molecule has 1 unspecified atom stereocenters. The number of nitrogens with zero attached hydrogens (tertiary/aromatic N) is 1. The molecular weight excluding hydrogens is 517 g/mol.